The van der Waals surface area contributed by atoms with Crippen LogP contribution in [0.2, 0.25) is 5.02 Å². The number of hydrogen-bond donors (Lipinski definition) is 0. The predicted molar refractivity (Wildman–Crippen MR) is 93.5 cm³/mol. The van der Waals surface area contributed by atoms with Crippen LogP contribution in [-0.4, -0.2) is 43.2 Å². The van der Waals surface area contributed by atoms with Crippen LogP contribution in [0.15, 0.2) is 24.3 Å². The van der Waals surface area contributed by atoms with Gasteiger partial charge in [0.05, 0.1) is 0 Å². The van der Waals surface area contributed by atoms with E-state index in [1.165, 1.54) is 11.3 Å². The summed E-state index contributed by atoms with van der Waals surface area (Å²) in [5.41, 5.74) is 0.905. The maximum absolute atomic E-state index is 12.8. The summed E-state index contributed by atoms with van der Waals surface area (Å²) in [4.78, 5) is 15.3. The smallest absolute Gasteiger partial charge is 0.293 e. The molecule has 0 unspecified atom stereocenters. The monoisotopic (exact) mass is 361 g/mol. The number of amides is 1. The van der Waals surface area contributed by atoms with Gasteiger partial charge in [-0.3, -0.25) is 4.79 Å². The Hall–Kier alpha value is -1.99. The summed E-state index contributed by atoms with van der Waals surface area (Å²) in [6.07, 6.45) is 3.22. The highest BCUT2D eigenvalue weighted by Crippen LogP contribution is 2.28. The van der Waals surface area contributed by atoms with Crippen molar-refractivity contribution in [2.75, 3.05) is 6.54 Å². The Morgan fingerprint density at radius 2 is 2.21 bits per heavy atom. The molecular formula is C16H16ClN5OS. The summed E-state index contributed by atoms with van der Waals surface area (Å²) < 4.78 is 1.55. The van der Waals surface area contributed by atoms with E-state index in [1.54, 1.807) is 4.52 Å². The third kappa shape index (κ3) is 2.67. The van der Waals surface area contributed by atoms with Crippen LogP contribution in [0.3, 0.4) is 0 Å². The lowest BCUT2D eigenvalue weighted by atomic mass is 10.0. The molecule has 4 rings (SSSR count). The van der Waals surface area contributed by atoms with Gasteiger partial charge in [-0.05, 0) is 38.3 Å². The van der Waals surface area contributed by atoms with Crippen molar-refractivity contribution in [1.82, 2.24) is 24.7 Å². The molecule has 1 atom stereocenters. The Balaban J connectivity index is 1.71. The molecule has 1 amide bonds. The number of nitrogens with zero attached hydrogens (tertiary/aromatic N) is 5. The molecule has 0 aliphatic carbocycles. The van der Waals surface area contributed by atoms with Gasteiger partial charge in [0.15, 0.2) is 0 Å². The first kappa shape index (κ1) is 15.5. The number of halogens is 1. The molecule has 0 radical (unpaired) electrons. The second-order valence-corrected chi connectivity index (χ2v) is 7.37. The summed E-state index contributed by atoms with van der Waals surface area (Å²) in [5, 5.41) is 14.1. The fourth-order valence-corrected chi connectivity index (χ4v) is 4.04. The van der Waals surface area contributed by atoms with Crippen molar-refractivity contribution in [2.24, 2.45) is 0 Å². The zero-order valence-electron chi connectivity index (χ0n) is 13.1. The summed E-state index contributed by atoms with van der Waals surface area (Å²) in [6.45, 7) is 2.84. The number of carbonyl (C=O) groups is 1. The first-order valence-electron chi connectivity index (χ1n) is 7.92. The number of carbonyl (C=O) groups excluding carboxylic acids is 1. The largest absolute Gasteiger partial charge is 0.333 e. The van der Waals surface area contributed by atoms with Gasteiger partial charge >= 0.3 is 0 Å². The third-order valence-electron chi connectivity index (χ3n) is 4.32. The van der Waals surface area contributed by atoms with Crippen molar-refractivity contribution in [1.29, 1.82) is 0 Å². The maximum Gasteiger partial charge on any atom is 0.293 e. The fourth-order valence-electron chi connectivity index (χ4n) is 3.02. The minimum atomic E-state index is -0.0994. The molecule has 124 valence electrons. The highest BCUT2D eigenvalue weighted by Gasteiger charge is 2.28. The zero-order chi connectivity index (χ0) is 16.7. The van der Waals surface area contributed by atoms with Crippen LogP contribution >= 0.6 is 22.9 Å². The first-order valence-corrected chi connectivity index (χ1v) is 9.12. The zero-order valence-corrected chi connectivity index (χ0v) is 14.7. The van der Waals surface area contributed by atoms with Gasteiger partial charge in [0.25, 0.3) is 5.91 Å². The molecule has 0 bridgehead atoms. The third-order valence-corrected chi connectivity index (χ3v) is 5.50. The molecule has 0 N–H and O–H groups in total. The SMILES string of the molecule is C[C@@H]1CCCCN1C(=O)c1nnc2sc(-c3cccc(Cl)c3)nn12. The number of rotatable bonds is 2. The van der Waals surface area contributed by atoms with Crippen molar-refractivity contribution < 1.29 is 4.79 Å². The van der Waals surface area contributed by atoms with E-state index in [2.05, 4.69) is 22.2 Å². The number of aromatic nitrogens is 4. The fraction of sp³-hybridized carbons (Fsp3) is 0.375. The Morgan fingerprint density at radius 3 is 3.00 bits per heavy atom. The molecule has 6 nitrogen and oxygen atoms in total. The summed E-state index contributed by atoms with van der Waals surface area (Å²) in [5.74, 6) is 0.181. The van der Waals surface area contributed by atoms with Gasteiger partial charge < -0.3 is 4.90 Å². The van der Waals surface area contributed by atoms with E-state index in [0.717, 1.165) is 36.4 Å². The molecule has 0 spiro atoms. The van der Waals surface area contributed by atoms with Crippen LogP contribution in [0, 0.1) is 0 Å². The molecule has 1 aliphatic rings. The molecule has 1 aliphatic heterocycles. The average Bonchev–Trinajstić information content (AvgIpc) is 3.15. The lowest BCUT2D eigenvalue weighted by molar-refractivity contribution is 0.0620. The van der Waals surface area contributed by atoms with Crippen LogP contribution in [-0.2, 0) is 0 Å². The Bertz CT molecular complexity index is 905. The van der Waals surface area contributed by atoms with Gasteiger partial charge in [0.2, 0.25) is 10.8 Å². The Kier molecular flexibility index (Phi) is 3.97. The number of likely N-dealkylation sites (tertiary alicyclic amines) is 1. The number of hydrogen-bond acceptors (Lipinski definition) is 5. The van der Waals surface area contributed by atoms with Crippen LogP contribution in [0.4, 0.5) is 0 Å². The lowest BCUT2D eigenvalue weighted by Gasteiger charge is -2.32. The van der Waals surface area contributed by atoms with Crippen LogP contribution in [0.1, 0.15) is 36.8 Å². The molecular weight excluding hydrogens is 346 g/mol. The minimum Gasteiger partial charge on any atom is -0.333 e. The van der Waals surface area contributed by atoms with Crippen LogP contribution in [0.25, 0.3) is 15.5 Å². The molecule has 2 aromatic heterocycles. The summed E-state index contributed by atoms with van der Waals surface area (Å²) in [7, 11) is 0. The standard InChI is InChI=1S/C16H16ClN5OS/c1-10-5-2-3-8-21(10)15(23)13-18-19-16-22(13)20-14(24-16)11-6-4-7-12(17)9-11/h4,6-7,9-10H,2-3,5,8H2,1H3/t10-/m1/s1. The van der Waals surface area contributed by atoms with Gasteiger partial charge in [-0.15, -0.1) is 10.2 Å². The van der Waals surface area contributed by atoms with E-state index in [4.69, 9.17) is 11.6 Å². The van der Waals surface area contributed by atoms with Gasteiger partial charge in [-0.1, -0.05) is 35.1 Å². The van der Waals surface area contributed by atoms with Gasteiger partial charge in [0, 0.05) is 23.2 Å². The highest BCUT2D eigenvalue weighted by molar-refractivity contribution is 7.19. The Labute approximate surface area is 148 Å². The van der Waals surface area contributed by atoms with Crippen molar-refractivity contribution in [3.8, 4) is 10.6 Å². The van der Waals surface area contributed by atoms with E-state index in [-0.39, 0.29) is 17.8 Å². The minimum absolute atomic E-state index is 0.0994. The number of fused-ring (bicyclic) bond motifs is 1. The van der Waals surface area contributed by atoms with E-state index in [1.807, 2.05) is 29.2 Å². The van der Waals surface area contributed by atoms with Gasteiger partial charge in [0.1, 0.15) is 5.01 Å². The summed E-state index contributed by atoms with van der Waals surface area (Å²) >= 11 is 7.44. The molecule has 3 aromatic rings. The quantitative estimate of drug-likeness (QED) is 0.700. The summed E-state index contributed by atoms with van der Waals surface area (Å²) in [6, 6.07) is 7.71. The Morgan fingerprint density at radius 1 is 1.33 bits per heavy atom. The van der Waals surface area contributed by atoms with Crippen molar-refractivity contribution in [2.45, 2.75) is 32.2 Å². The molecule has 1 fully saturated rings. The highest BCUT2D eigenvalue weighted by atomic mass is 35.5. The lowest BCUT2D eigenvalue weighted by Crippen LogP contribution is -2.42. The first-order chi connectivity index (χ1) is 11.6. The van der Waals surface area contributed by atoms with Gasteiger partial charge in [-0.2, -0.15) is 9.61 Å². The van der Waals surface area contributed by atoms with E-state index < -0.39 is 0 Å². The van der Waals surface area contributed by atoms with Crippen LogP contribution in [0.5, 0.6) is 0 Å². The molecule has 24 heavy (non-hydrogen) atoms. The molecule has 3 heterocycles. The molecule has 8 heteroatoms. The van der Waals surface area contributed by atoms with E-state index in [0.29, 0.717) is 9.98 Å². The van der Waals surface area contributed by atoms with Gasteiger partial charge in [-0.25, -0.2) is 0 Å². The molecule has 0 saturated carbocycles. The average molecular weight is 362 g/mol. The van der Waals surface area contributed by atoms with Crippen molar-refractivity contribution in [3.05, 3.63) is 35.1 Å². The second kappa shape index (κ2) is 6.14. The molecule has 1 saturated heterocycles. The van der Waals surface area contributed by atoms with E-state index in [9.17, 15) is 4.79 Å². The van der Waals surface area contributed by atoms with Crippen molar-refractivity contribution in [3.63, 3.8) is 0 Å². The van der Waals surface area contributed by atoms with E-state index >= 15 is 0 Å². The number of benzene rings is 1. The predicted octanol–water partition coefficient (Wildman–Crippen LogP) is 3.52. The van der Waals surface area contributed by atoms with Crippen molar-refractivity contribution >= 4 is 33.8 Å². The van der Waals surface area contributed by atoms with Crippen LogP contribution < -0.4 is 0 Å². The molecule has 1 aromatic carbocycles. The second-order valence-electron chi connectivity index (χ2n) is 5.98. The normalized spacial score (nSPS) is 18.2. The maximum atomic E-state index is 12.8. The number of piperidine rings is 1. The topological polar surface area (TPSA) is 63.4 Å².